The molecule has 1 heterocycles. The number of hydrogen-bond acceptors (Lipinski definition) is 5. The van der Waals surface area contributed by atoms with Crippen LogP contribution in [0, 0.1) is 0 Å². The maximum absolute atomic E-state index is 5.78. The van der Waals surface area contributed by atoms with E-state index in [0.717, 1.165) is 23.9 Å². The van der Waals surface area contributed by atoms with Crippen molar-refractivity contribution < 1.29 is 4.74 Å². The first-order valence-corrected chi connectivity index (χ1v) is 6.31. The Labute approximate surface area is 101 Å². The maximum Gasteiger partial charge on any atom is 0.109 e. The molecular weight excluding hydrogens is 222 g/mol. The Morgan fingerprint density at radius 3 is 2.75 bits per heavy atom. The van der Waals surface area contributed by atoms with E-state index in [1.54, 1.807) is 18.4 Å². The Hall–Kier alpha value is -0.490. The van der Waals surface area contributed by atoms with Crippen molar-refractivity contribution >= 4 is 11.3 Å². The quantitative estimate of drug-likeness (QED) is 0.825. The van der Waals surface area contributed by atoms with Crippen LogP contribution in [0.1, 0.15) is 30.6 Å². The highest BCUT2D eigenvalue weighted by molar-refractivity contribution is 7.09. The molecule has 2 N–H and O–H groups in total. The van der Waals surface area contributed by atoms with Crippen molar-refractivity contribution in [3.05, 3.63) is 16.1 Å². The molecule has 0 saturated carbocycles. The molecule has 4 nitrogen and oxygen atoms in total. The lowest BCUT2D eigenvalue weighted by Gasteiger charge is -2.22. The summed E-state index contributed by atoms with van der Waals surface area (Å²) >= 11 is 1.63. The van der Waals surface area contributed by atoms with E-state index < -0.39 is 0 Å². The van der Waals surface area contributed by atoms with Crippen LogP contribution in [0.25, 0.3) is 0 Å². The number of hydrogen-bond donors (Lipinski definition) is 1. The van der Waals surface area contributed by atoms with E-state index >= 15 is 0 Å². The van der Waals surface area contributed by atoms with E-state index in [-0.39, 0.29) is 6.04 Å². The standard InChI is InChI=1S/C11H21N3OS/c1-8(6-15-4)14(3)5-10-7-16-11(13-10)9(2)12/h7-9H,5-6,12H2,1-4H3. The second kappa shape index (κ2) is 6.30. The summed E-state index contributed by atoms with van der Waals surface area (Å²) in [5, 5.41) is 3.08. The van der Waals surface area contributed by atoms with Crippen molar-refractivity contribution in [2.24, 2.45) is 5.73 Å². The Morgan fingerprint density at radius 2 is 2.25 bits per heavy atom. The number of aromatic nitrogens is 1. The van der Waals surface area contributed by atoms with Gasteiger partial charge in [0.1, 0.15) is 5.01 Å². The SMILES string of the molecule is COCC(C)N(C)Cc1csc(C(C)N)n1. The van der Waals surface area contributed by atoms with Crippen molar-refractivity contribution in [1.82, 2.24) is 9.88 Å². The topological polar surface area (TPSA) is 51.4 Å². The van der Waals surface area contributed by atoms with E-state index in [2.05, 4.69) is 29.2 Å². The highest BCUT2D eigenvalue weighted by Crippen LogP contribution is 2.17. The van der Waals surface area contributed by atoms with E-state index in [1.165, 1.54) is 0 Å². The van der Waals surface area contributed by atoms with Crippen LogP contribution in [0.4, 0.5) is 0 Å². The zero-order chi connectivity index (χ0) is 12.1. The summed E-state index contributed by atoms with van der Waals surface area (Å²) in [6.45, 7) is 5.68. The maximum atomic E-state index is 5.78. The summed E-state index contributed by atoms with van der Waals surface area (Å²) in [4.78, 5) is 6.73. The summed E-state index contributed by atoms with van der Waals surface area (Å²) < 4.78 is 5.13. The molecule has 2 unspecified atom stereocenters. The van der Waals surface area contributed by atoms with Crippen molar-refractivity contribution in [2.75, 3.05) is 20.8 Å². The normalized spacial score (nSPS) is 15.4. The molecule has 0 bridgehead atoms. The van der Waals surface area contributed by atoms with Crippen LogP contribution in [-0.2, 0) is 11.3 Å². The van der Waals surface area contributed by atoms with Gasteiger partial charge in [-0.05, 0) is 20.9 Å². The van der Waals surface area contributed by atoms with Crippen LogP contribution in [0.3, 0.4) is 0 Å². The van der Waals surface area contributed by atoms with E-state index in [9.17, 15) is 0 Å². The van der Waals surface area contributed by atoms with Gasteiger partial charge >= 0.3 is 0 Å². The lowest BCUT2D eigenvalue weighted by Crippen LogP contribution is -2.32. The Bertz CT molecular complexity index is 314. The lowest BCUT2D eigenvalue weighted by molar-refractivity contribution is 0.111. The van der Waals surface area contributed by atoms with Crippen LogP contribution in [-0.4, -0.2) is 36.7 Å². The van der Waals surface area contributed by atoms with Gasteiger partial charge in [0.25, 0.3) is 0 Å². The summed E-state index contributed by atoms with van der Waals surface area (Å²) in [7, 11) is 3.80. The number of nitrogens with zero attached hydrogens (tertiary/aromatic N) is 2. The average Bonchev–Trinajstić information content (AvgIpc) is 2.66. The molecule has 5 heteroatoms. The zero-order valence-electron chi connectivity index (χ0n) is 10.4. The first kappa shape index (κ1) is 13.6. The van der Waals surface area contributed by atoms with Crippen LogP contribution in [0.15, 0.2) is 5.38 Å². The first-order valence-electron chi connectivity index (χ1n) is 5.43. The van der Waals surface area contributed by atoms with E-state index in [1.807, 2.05) is 6.92 Å². The Morgan fingerprint density at radius 1 is 1.56 bits per heavy atom. The molecular formula is C11H21N3OS. The molecule has 0 radical (unpaired) electrons. The number of thiazole rings is 1. The van der Waals surface area contributed by atoms with E-state index in [4.69, 9.17) is 10.5 Å². The summed E-state index contributed by atoms with van der Waals surface area (Å²) in [5.41, 5.74) is 6.87. The van der Waals surface area contributed by atoms with Gasteiger partial charge < -0.3 is 10.5 Å². The fraction of sp³-hybridized carbons (Fsp3) is 0.727. The number of rotatable bonds is 6. The fourth-order valence-corrected chi connectivity index (χ4v) is 2.15. The van der Waals surface area contributed by atoms with Crippen molar-refractivity contribution in [3.63, 3.8) is 0 Å². The molecule has 2 atom stereocenters. The largest absolute Gasteiger partial charge is 0.383 e. The van der Waals surface area contributed by atoms with Gasteiger partial charge in [0.2, 0.25) is 0 Å². The fourth-order valence-electron chi connectivity index (χ4n) is 1.38. The van der Waals surface area contributed by atoms with Crippen molar-refractivity contribution in [3.8, 4) is 0 Å². The molecule has 1 aromatic heterocycles. The molecule has 0 aliphatic rings. The smallest absolute Gasteiger partial charge is 0.109 e. The van der Waals surface area contributed by atoms with Gasteiger partial charge in [-0.3, -0.25) is 4.90 Å². The number of methoxy groups -OCH3 is 1. The second-order valence-corrected chi connectivity index (χ2v) is 5.07. The van der Waals surface area contributed by atoms with Crippen LogP contribution in [0.2, 0.25) is 0 Å². The molecule has 0 saturated heterocycles. The summed E-state index contributed by atoms with van der Waals surface area (Å²) in [6, 6.07) is 0.422. The minimum absolute atomic E-state index is 0.0282. The minimum atomic E-state index is 0.0282. The third-order valence-electron chi connectivity index (χ3n) is 2.53. The third-order valence-corrected chi connectivity index (χ3v) is 3.63. The van der Waals surface area contributed by atoms with Gasteiger partial charge in [0.05, 0.1) is 18.3 Å². The highest BCUT2D eigenvalue weighted by atomic mass is 32.1. The molecule has 0 amide bonds. The number of ether oxygens (including phenoxy) is 1. The summed E-state index contributed by atoms with van der Waals surface area (Å²) in [6.07, 6.45) is 0. The van der Waals surface area contributed by atoms with Gasteiger partial charge in [-0.15, -0.1) is 11.3 Å². The molecule has 1 aromatic rings. The Kier molecular flexibility index (Phi) is 5.34. The molecule has 0 aliphatic carbocycles. The molecule has 0 aromatic carbocycles. The summed E-state index contributed by atoms with van der Waals surface area (Å²) in [5.74, 6) is 0. The minimum Gasteiger partial charge on any atom is -0.383 e. The molecule has 1 rings (SSSR count). The molecule has 0 aliphatic heterocycles. The lowest BCUT2D eigenvalue weighted by atomic mass is 10.3. The van der Waals surface area contributed by atoms with Crippen molar-refractivity contribution in [2.45, 2.75) is 32.5 Å². The molecule has 16 heavy (non-hydrogen) atoms. The van der Waals surface area contributed by atoms with Crippen LogP contribution in [0.5, 0.6) is 0 Å². The predicted octanol–water partition coefficient (Wildman–Crippen LogP) is 1.63. The van der Waals surface area contributed by atoms with Gasteiger partial charge in [-0.2, -0.15) is 0 Å². The first-order chi connectivity index (χ1) is 7.54. The number of likely N-dealkylation sites (N-methyl/N-ethyl adjacent to an activating group) is 1. The molecule has 92 valence electrons. The van der Waals surface area contributed by atoms with Gasteiger partial charge in [-0.25, -0.2) is 4.98 Å². The zero-order valence-corrected chi connectivity index (χ0v) is 11.3. The van der Waals surface area contributed by atoms with E-state index in [0.29, 0.717) is 6.04 Å². The number of nitrogens with two attached hydrogens (primary N) is 1. The van der Waals surface area contributed by atoms with Gasteiger partial charge in [-0.1, -0.05) is 0 Å². The monoisotopic (exact) mass is 243 g/mol. The second-order valence-electron chi connectivity index (χ2n) is 4.19. The van der Waals surface area contributed by atoms with Gasteiger partial charge in [0.15, 0.2) is 0 Å². The van der Waals surface area contributed by atoms with Gasteiger partial charge in [0, 0.05) is 25.1 Å². The predicted molar refractivity (Wildman–Crippen MR) is 67.5 cm³/mol. The van der Waals surface area contributed by atoms with Crippen molar-refractivity contribution in [1.29, 1.82) is 0 Å². The highest BCUT2D eigenvalue weighted by Gasteiger charge is 2.12. The molecule has 0 fully saturated rings. The third kappa shape index (κ3) is 3.83. The van der Waals surface area contributed by atoms with Crippen LogP contribution >= 0.6 is 11.3 Å². The average molecular weight is 243 g/mol. The Balaban J connectivity index is 2.52. The van der Waals surface area contributed by atoms with Crippen LogP contribution < -0.4 is 5.73 Å². The molecule has 0 spiro atoms.